The summed E-state index contributed by atoms with van der Waals surface area (Å²) in [6.07, 6.45) is 2.31. The molecule has 0 radical (unpaired) electrons. The zero-order valence-electron chi connectivity index (χ0n) is 11.1. The Hall–Kier alpha value is -1.11. The molecule has 2 N–H and O–H groups in total. The number of thioether (sulfide) groups is 1. The minimum absolute atomic E-state index is 0.00877. The lowest BCUT2D eigenvalue weighted by atomic mass is 10.1. The lowest BCUT2D eigenvalue weighted by Gasteiger charge is -2.20. The summed E-state index contributed by atoms with van der Waals surface area (Å²) in [5.41, 5.74) is 7.27. The Labute approximate surface area is 126 Å². The van der Waals surface area contributed by atoms with Gasteiger partial charge in [-0.15, -0.1) is 5.10 Å². The van der Waals surface area contributed by atoms with Gasteiger partial charge in [-0.2, -0.15) is 0 Å². The highest BCUT2D eigenvalue weighted by Gasteiger charge is 2.30. The quantitative estimate of drug-likeness (QED) is 0.860. The highest BCUT2D eigenvalue weighted by atomic mass is 35.5. The number of tetrazole rings is 1. The fourth-order valence-corrected chi connectivity index (χ4v) is 3.29. The maximum Gasteiger partial charge on any atom is 0.210 e. The van der Waals surface area contributed by atoms with Crippen LogP contribution in [0.2, 0.25) is 5.02 Å². The zero-order valence-corrected chi connectivity index (χ0v) is 12.7. The normalized spacial score (nSPS) is 17.9. The second kappa shape index (κ2) is 5.71. The van der Waals surface area contributed by atoms with Crippen LogP contribution in [0.1, 0.15) is 36.6 Å². The van der Waals surface area contributed by atoms with Crippen LogP contribution in [0.4, 0.5) is 0 Å². The minimum Gasteiger partial charge on any atom is -0.327 e. The number of nitrogens with zero attached hydrogens (tertiary/aromatic N) is 4. The van der Waals surface area contributed by atoms with Crippen molar-refractivity contribution in [2.24, 2.45) is 5.73 Å². The summed E-state index contributed by atoms with van der Waals surface area (Å²) in [7, 11) is 0. The second-order valence-corrected chi connectivity index (χ2v) is 6.63. The van der Waals surface area contributed by atoms with E-state index in [0.717, 1.165) is 28.6 Å². The lowest BCUT2D eigenvalue weighted by molar-refractivity contribution is 0.563. The first-order valence-corrected chi connectivity index (χ1v) is 7.86. The fraction of sp³-hybridized carbons (Fsp3) is 0.462. The second-order valence-electron chi connectivity index (χ2n) is 5.09. The maximum absolute atomic E-state index is 6.13. The summed E-state index contributed by atoms with van der Waals surface area (Å²) >= 11 is 7.56. The smallest absolute Gasteiger partial charge is 0.210 e. The van der Waals surface area contributed by atoms with Gasteiger partial charge in [0, 0.05) is 11.1 Å². The van der Waals surface area contributed by atoms with Gasteiger partial charge in [0.1, 0.15) is 0 Å². The van der Waals surface area contributed by atoms with Crippen molar-refractivity contribution in [3.8, 4) is 0 Å². The molecule has 1 saturated carbocycles. The van der Waals surface area contributed by atoms with Gasteiger partial charge in [-0.3, -0.25) is 0 Å². The van der Waals surface area contributed by atoms with Gasteiger partial charge < -0.3 is 5.73 Å². The van der Waals surface area contributed by atoms with Gasteiger partial charge in [0.15, 0.2) is 0 Å². The van der Waals surface area contributed by atoms with Crippen molar-refractivity contribution in [2.75, 3.05) is 0 Å². The van der Waals surface area contributed by atoms with Crippen molar-refractivity contribution in [3.05, 3.63) is 34.9 Å². The molecule has 7 heteroatoms. The number of benzene rings is 1. The first-order chi connectivity index (χ1) is 9.65. The Bertz CT molecular complexity index is 579. The van der Waals surface area contributed by atoms with Gasteiger partial charge in [-0.25, -0.2) is 4.68 Å². The minimum atomic E-state index is -0.00877. The van der Waals surface area contributed by atoms with Crippen LogP contribution in [-0.4, -0.2) is 26.2 Å². The third-order valence-electron chi connectivity index (χ3n) is 3.26. The van der Waals surface area contributed by atoms with Gasteiger partial charge in [-0.1, -0.05) is 35.5 Å². The van der Waals surface area contributed by atoms with Crippen LogP contribution >= 0.6 is 23.4 Å². The molecular formula is C13H16ClN5S. The maximum atomic E-state index is 6.13. The molecule has 1 aromatic heterocycles. The third-order valence-corrected chi connectivity index (χ3v) is 4.95. The van der Waals surface area contributed by atoms with E-state index in [2.05, 4.69) is 15.5 Å². The molecule has 5 nitrogen and oxygen atoms in total. The van der Waals surface area contributed by atoms with E-state index in [1.54, 1.807) is 11.8 Å². The molecule has 0 amide bonds. The van der Waals surface area contributed by atoms with E-state index in [1.807, 2.05) is 35.9 Å². The van der Waals surface area contributed by atoms with E-state index in [4.69, 9.17) is 17.3 Å². The van der Waals surface area contributed by atoms with Crippen LogP contribution in [0.15, 0.2) is 29.4 Å². The van der Waals surface area contributed by atoms with Crippen LogP contribution in [-0.2, 0) is 0 Å². The Kier molecular flexibility index (Phi) is 3.96. The van der Waals surface area contributed by atoms with E-state index in [1.165, 1.54) is 0 Å². The van der Waals surface area contributed by atoms with Crippen LogP contribution in [0.25, 0.3) is 0 Å². The molecule has 0 aliphatic heterocycles. The molecule has 3 rings (SSSR count). The summed E-state index contributed by atoms with van der Waals surface area (Å²) < 4.78 is 1.91. The standard InChI is InChI=1S/C13H16ClN5S/c1-8(15)12(9-2-4-10(14)5-3-9)20-13-16-17-18-19(13)11-6-7-11/h2-5,8,11-12H,6-7,15H2,1H3. The van der Waals surface area contributed by atoms with E-state index < -0.39 is 0 Å². The summed E-state index contributed by atoms with van der Waals surface area (Å²) in [6, 6.07) is 8.24. The molecule has 1 aromatic carbocycles. The number of hydrogen-bond acceptors (Lipinski definition) is 5. The fourth-order valence-electron chi connectivity index (χ4n) is 2.06. The van der Waals surface area contributed by atoms with Crippen molar-refractivity contribution >= 4 is 23.4 Å². The average molecular weight is 310 g/mol. The number of hydrogen-bond donors (Lipinski definition) is 1. The summed E-state index contributed by atoms with van der Waals surface area (Å²) in [4.78, 5) is 0. The first-order valence-electron chi connectivity index (χ1n) is 6.60. The Morgan fingerprint density at radius 3 is 2.65 bits per heavy atom. The van der Waals surface area contributed by atoms with Crippen LogP contribution < -0.4 is 5.73 Å². The monoisotopic (exact) mass is 309 g/mol. The van der Waals surface area contributed by atoms with Gasteiger partial charge in [0.25, 0.3) is 0 Å². The molecule has 2 aromatic rings. The Morgan fingerprint density at radius 2 is 2.05 bits per heavy atom. The van der Waals surface area contributed by atoms with Crippen molar-refractivity contribution in [3.63, 3.8) is 0 Å². The Balaban J connectivity index is 1.83. The van der Waals surface area contributed by atoms with Crippen LogP contribution in [0.3, 0.4) is 0 Å². The molecule has 106 valence electrons. The van der Waals surface area contributed by atoms with Crippen molar-refractivity contribution < 1.29 is 0 Å². The van der Waals surface area contributed by atoms with Crippen molar-refractivity contribution in [1.82, 2.24) is 20.2 Å². The highest BCUT2D eigenvalue weighted by molar-refractivity contribution is 7.99. The van der Waals surface area contributed by atoms with Gasteiger partial charge in [0.2, 0.25) is 5.16 Å². The number of halogens is 1. The highest BCUT2D eigenvalue weighted by Crippen LogP contribution is 2.41. The predicted molar refractivity (Wildman–Crippen MR) is 79.8 cm³/mol. The van der Waals surface area contributed by atoms with Crippen LogP contribution in [0, 0.1) is 0 Å². The summed E-state index contributed by atoms with van der Waals surface area (Å²) in [5, 5.41) is 13.7. The number of rotatable bonds is 5. The first kappa shape index (κ1) is 13.9. The molecule has 1 aliphatic carbocycles. The molecule has 2 unspecified atom stereocenters. The number of nitrogens with two attached hydrogens (primary N) is 1. The molecule has 20 heavy (non-hydrogen) atoms. The van der Waals surface area contributed by atoms with E-state index in [-0.39, 0.29) is 11.3 Å². The van der Waals surface area contributed by atoms with Gasteiger partial charge >= 0.3 is 0 Å². The SMILES string of the molecule is CC(N)C(Sc1nnnn1C1CC1)c1ccc(Cl)cc1. The average Bonchev–Trinajstić information content (AvgIpc) is 3.16. The van der Waals surface area contributed by atoms with E-state index in [9.17, 15) is 0 Å². The van der Waals surface area contributed by atoms with Crippen molar-refractivity contribution in [2.45, 2.75) is 42.3 Å². The topological polar surface area (TPSA) is 69.6 Å². The molecule has 1 aliphatic rings. The molecule has 1 fully saturated rings. The van der Waals surface area contributed by atoms with E-state index >= 15 is 0 Å². The molecule has 1 heterocycles. The van der Waals surface area contributed by atoms with E-state index in [0.29, 0.717) is 6.04 Å². The molecule has 2 atom stereocenters. The number of aromatic nitrogens is 4. The van der Waals surface area contributed by atoms with Crippen molar-refractivity contribution in [1.29, 1.82) is 0 Å². The summed E-state index contributed by atoms with van der Waals surface area (Å²) in [6.45, 7) is 2.00. The van der Waals surface area contributed by atoms with Gasteiger partial charge in [0.05, 0.1) is 11.3 Å². The zero-order chi connectivity index (χ0) is 14.1. The third kappa shape index (κ3) is 2.97. The summed E-state index contributed by atoms with van der Waals surface area (Å²) in [5.74, 6) is 0. The largest absolute Gasteiger partial charge is 0.327 e. The van der Waals surface area contributed by atoms with Crippen LogP contribution in [0.5, 0.6) is 0 Å². The molecule has 0 saturated heterocycles. The molecular weight excluding hydrogens is 294 g/mol. The molecule has 0 bridgehead atoms. The molecule has 0 spiro atoms. The predicted octanol–water partition coefficient (Wildman–Crippen LogP) is 2.84. The van der Waals surface area contributed by atoms with Gasteiger partial charge in [-0.05, 0) is 47.9 Å². The Morgan fingerprint density at radius 1 is 1.35 bits per heavy atom. The lowest BCUT2D eigenvalue weighted by Crippen LogP contribution is -2.23.